The van der Waals surface area contributed by atoms with Crippen LogP contribution in [0, 0.1) is 0 Å². The Bertz CT molecular complexity index is 1090. The number of nitrogens with zero attached hydrogens (tertiary/aromatic N) is 2. The van der Waals surface area contributed by atoms with Gasteiger partial charge in [0.1, 0.15) is 6.29 Å². The molecule has 1 aliphatic heterocycles. The zero-order valence-electron chi connectivity index (χ0n) is 16.1. The van der Waals surface area contributed by atoms with Crippen molar-refractivity contribution in [3.63, 3.8) is 0 Å². The summed E-state index contributed by atoms with van der Waals surface area (Å²) in [5.74, 6) is 0.457. The third-order valence-electron chi connectivity index (χ3n) is 6.38. The van der Waals surface area contributed by atoms with Crippen molar-refractivity contribution in [1.82, 2.24) is 9.47 Å². The molecule has 2 heterocycles. The van der Waals surface area contributed by atoms with Crippen LogP contribution in [0.4, 0.5) is 4.79 Å². The zero-order chi connectivity index (χ0) is 19.3. The standard InChI is InChI=1S/C24H24N2O2/c1-25-14-18-9-5-6-10-19(18)23-22(17-7-3-2-4-8-17)20-12-11-16(15-27)13-21(20)26(23)24(25)28/h5-6,9-13,15,17H,2-4,7-8,14H2,1H3. The van der Waals surface area contributed by atoms with Crippen LogP contribution in [0.15, 0.2) is 42.5 Å². The molecule has 28 heavy (non-hydrogen) atoms. The Kier molecular flexibility index (Phi) is 4.08. The van der Waals surface area contributed by atoms with Crippen molar-refractivity contribution in [3.05, 3.63) is 59.2 Å². The Morgan fingerprint density at radius 2 is 1.82 bits per heavy atom. The molecule has 1 amide bonds. The third kappa shape index (κ3) is 2.51. The lowest BCUT2D eigenvalue weighted by molar-refractivity contribution is 0.112. The fourth-order valence-corrected chi connectivity index (χ4v) is 5.06. The van der Waals surface area contributed by atoms with Crippen LogP contribution in [0.1, 0.15) is 59.5 Å². The average Bonchev–Trinajstić information content (AvgIpc) is 3.02. The van der Waals surface area contributed by atoms with Crippen LogP contribution >= 0.6 is 0 Å². The van der Waals surface area contributed by atoms with Crippen LogP contribution < -0.4 is 0 Å². The maximum absolute atomic E-state index is 13.4. The van der Waals surface area contributed by atoms with Crippen LogP contribution in [-0.2, 0) is 6.54 Å². The van der Waals surface area contributed by atoms with Crippen molar-refractivity contribution in [2.75, 3.05) is 7.05 Å². The molecule has 0 spiro atoms. The molecule has 2 aromatic carbocycles. The van der Waals surface area contributed by atoms with Gasteiger partial charge in [-0.25, -0.2) is 4.79 Å². The van der Waals surface area contributed by atoms with E-state index in [1.54, 1.807) is 4.90 Å². The van der Waals surface area contributed by atoms with Gasteiger partial charge in [0.25, 0.3) is 0 Å². The SMILES string of the molecule is CN1Cc2ccccc2-c2c(C3CCCCC3)c3ccc(C=O)cc3n2C1=O. The van der Waals surface area contributed by atoms with Gasteiger partial charge >= 0.3 is 6.03 Å². The molecular weight excluding hydrogens is 348 g/mol. The molecule has 0 radical (unpaired) electrons. The minimum Gasteiger partial charge on any atom is -0.323 e. The number of carbonyl (C=O) groups excluding carboxylic acids is 2. The van der Waals surface area contributed by atoms with Gasteiger partial charge in [-0.15, -0.1) is 0 Å². The van der Waals surface area contributed by atoms with Crippen LogP contribution in [0.3, 0.4) is 0 Å². The number of aromatic nitrogens is 1. The van der Waals surface area contributed by atoms with Crippen molar-refractivity contribution in [3.8, 4) is 11.3 Å². The molecule has 2 aliphatic rings. The fourth-order valence-electron chi connectivity index (χ4n) is 5.06. The van der Waals surface area contributed by atoms with Crippen LogP contribution in [0.25, 0.3) is 22.2 Å². The molecular formula is C24H24N2O2. The number of aldehydes is 1. The summed E-state index contributed by atoms with van der Waals surface area (Å²) in [5.41, 5.74) is 6.11. The van der Waals surface area contributed by atoms with Gasteiger partial charge in [0.05, 0.1) is 11.2 Å². The first kappa shape index (κ1) is 17.2. The molecule has 0 bridgehead atoms. The first-order chi connectivity index (χ1) is 13.7. The lowest BCUT2D eigenvalue weighted by Gasteiger charge is -2.23. The molecule has 0 atom stereocenters. The predicted octanol–water partition coefficient (Wildman–Crippen LogP) is 5.58. The number of benzene rings is 2. The molecule has 5 rings (SSSR count). The van der Waals surface area contributed by atoms with E-state index >= 15 is 0 Å². The molecule has 0 saturated heterocycles. The number of carbonyl (C=O) groups is 2. The van der Waals surface area contributed by atoms with Gasteiger partial charge < -0.3 is 4.90 Å². The molecule has 1 saturated carbocycles. The van der Waals surface area contributed by atoms with E-state index in [1.807, 2.05) is 35.9 Å². The van der Waals surface area contributed by atoms with Crippen LogP contribution in [-0.4, -0.2) is 28.8 Å². The normalized spacial score (nSPS) is 17.3. The molecule has 142 valence electrons. The Morgan fingerprint density at radius 1 is 1.04 bits per heavy atom. The highest BCUT2D eigenvalue weighted by molar-refractivity contribution is 6.03. The molecule has 1 aromatic heterocycles. The first-order valence-electron chi connectivity index (χ1n) is 10.2. The number of hydrogen-bond acceptors (Lipinski definition) is 2. The van der Waals surface area contributed by atoms with Gasteiger partial charge in [-0.1, -0.05) is 55.7 Å². The highest BCUT2D eigenvalue weighted by atomic mass is 16.2. The van der Waals surface area contributed by atoms with E-state index in [2.05, 4.69) is 18.2 Å². The molecule has 0 unspecified atom stereocenters. The molecule has 1 fully saturated rings. The number of fused-ring (bicyclic) bond motifs is 5. The highest BCUT2D eigenvalue weighted by Gasteiger charge is 2.32. The summed E-state index contributed by atoms with van der Waals surface area (Å²) >= 11 is 0. The summed E-state index contributed by atoms with van der Waals surface area (Å²) in [7, 11) is 1.85. The second-order valence-corrected chi connectivity index (χ2v) is 8.12. The summed E-state index contributed by atoms with van der Waals surface area (Å²) in [6.45, 7) is 0.593. The highest BCUT2D eigenvalue weighted by Crippen LogP contribution is 2.46. The minimum absolute atomic E-state index is 0.0266. The maximum Gasteiger partial charge on any atom is 0.329 e. The van der Waals surface area contributed by atoms with E-state index in [0.29, 0.717) is 18.0 Å². The summed E-state index contributed by atoms with van der Waals surface area (Å²) in [4.78, 5) is 26.6. The summed E-state index contributed by atoms with van der Waals surface area (Å²) in [6.07, 6.45) is 6.94. The lowest BCUT2D eigenvalue weighted by atomic mass is 9.81. The zero-order valence-corrected chi connectivity index (χ0v) is 16.1. The third-order valence-corrected chi connectivity index (χ3v) is 6.38. The van der Waals surface area contributed by atoms with E-state index in [0.717, 1.165) is 41.3 Å². The smallest absolute Gasteiger partial charge is 0.323 e. The van der Waals surface area contributed by atoms with E-state index in [-0.39, 0.29) is 6.03 Å². The maximum atomic E-state index is 13.4. The van der Waals surface area contributed by atoms with Gasteiger partial charge in [-0.05, 0) is 36.0 Å². The quantitative estimate of drug-likeness (QED) is 0.551. The topological polar surface area (TPSA) is 42.3 Å². The Morgan fingerprint density at radius 3 is 2.61 bits per heavy atom. The fraction of sp³-hybridized carbons (Fsp3) is 0.333. The average molecular weight is 372 g/mol. The van der Waals surface area contributed by atoms with Gasteiger partial charge in [0.2, 0.25) is 0 Å². The molecule has 0 N–H and O–H groups in total. The Balaban J connectivity index is 1.91. The molecule has 1 aliphatic carbocycles. The summed E-state index contributed by atoms with van der Waals surface area (Å²) < 4.78 is 1.86. The van der Waals surface area contributed by atoms with Crippen molar-refractivity contribution in [2.24, 2.45) is 0 Å². The number of amides is 1. The van der Waals surface area contributed by atoms with Crippen molar-refractivity contribution in [1.29, 1.82) is 0 Å². The first-order valence-corrected chi connectivity index (χ1v) is 10.2. The van der Waals surface area contributed by atoms with E-state index in [9.17, 15) is 9.59 Å². The van der Waals surface area contributed by atoms with Crippen molar-refractivity contribution < 1.29 is 9.59 Å². The second kappa shape index (κ2) is 6.62. The monoisotopic (exact) mass is 372 g/mol. The molecule has 4 nitrogen and oxygen atoms in total. The van der Waals surface area contributed by atoms with Gasteiger partial charge in [0, 0.05) is 30.1 Å². The predicted molar refractivity (Wildman–Crippen MR) is 111 cm³/mol. The second-order valence-electron chi connectivity index (χ2n) is 8.12. The van der Waals surface area contributed by atoms with Crippen LogP contribution in [0.5, 0.6) is 0 Å². The Labute approximate surface area is 164 Å². The molecule has 3 aromatic rings. The van der Waals surface area contributed by atoms with Gasteiger partial charge in [-0.3, -0.25) is 9.36 Å². The van der Waals surface area contributed by atoms with E-state index < -0.39 is 0 Å². The molecule has 4 heteroatoms. The van der Waals surface area contributed by atoms with E-state index in [4.69, 9.17) is 0 Å². The number of rotatable bonds is 2. The number of hydrogen-bond donors (Lipinski definition) is 0. The minimum atomic E-state index is -0.0266. The van der Waals surface area contributed by atoms with Crippen molar-refractivity contribution in [2.45, 2.75) is 44.6 Å². The lowest BCUT2D eigenvalue weighted by Crippen LogP contribution is -2.29. The largest absolute Gasteiger partial charge is 0.329 e. The van der Waals surface area contributed by atoms with Gasteiger partial charge in [-0.2, -0.15) is 0 Å². The van der Waals surface area contributed by atoms with Gasteiger partial charge in [0.15, 0.2) is 0 Å². The van der Waals surface area contributed by atoms with Crippen LogP contribution in [0.2, 0.25) is 0 Å². The summed E-state index contributed by atoms with van der Waals surface area (Å²) in [6, 6.07) is 14.1. The Hall–Kier alpha value is -2.88. The van der Waals surface area contributed by atoms with E-state index in [1.165, 1.54) is 30.4 Å². The van der Waals surface area contributed by atoms with Crippen molar-refractivity contribution >= 4 is 23.2 Å². The summed E-state index contributed by atoms with van der Waals surface area (Å²) in [5, 5.41) is 1.12.